The molecule has 0 saturated carbocycles. The maximum Gasteiger partial charge on any atom is 0.123 e. The molecular weight excluding hydrogens is 239 g/mol. The molecule has 0 radical (unpaired) electrons. The zero-order chi connectivity index (χ0) is 13.9. The minimum absolute atomic E-state index is 0.164. The van der Waals surface area contributed by atoms with Crippen LogP contribution in [0.4, 0.5) is 10.1 Å². The first-order chi connectivity index (χ1) is 9.27. The van der Waals surface area contributed by atoms with Crippen molar-refractivity contribution in [3.8, 4) is 0 Å². The number of hydrogen-bond acceptors (Lipinski definition) is 2. The van der Waals surface area contributed by atoms with E-state index in [0.29, 0.717) is 0 Å². The van der Waals surface area contributed by atoms with Gasteiger partial charge in [-0.1, -0.05) is 19.8 Å². The van der Waals surface area contributed by atoms with Crippen LogP contribution in [0.5, 0.6) is 0 Å². The van der Waals surface area contributed by atoms with Gasteiger partial charge in [0.1, 0.15) is 5.82 Å². The van der Waals surface area contributed by atoms with Crippen LogP contribution in [0.1, 0.15) is 39.5 Å². The lowest BCUT2D eigenvalue weighted by Gasteiger charge is -2.23. The average molecular weight is 266 g/mol. The molecule has 0 aliphatic heterocycles. The molecule has 0 aromatic heterocycles. The van der Waals surface area contributed by atoms with Gasteiger partial charge in [0.25, 0.3) is 0 Å². The molecule has 0 fully saturated rings. The summed E-state index contributed by atoms with van der Waals surface area (Å²) in [6, 6.07) is 6.80. The molecule has 1 aromatic rings. The lowest BCUT2D eigenvalue weighted by molar-refractivity contribution is 0.592. The third kappa shape index (κ3) is 6.58. The van der Waals surface area contributed by atoms with Crippen molar-refractivity contribution in [1.82, 2.24) is 5.32 Å². The second-order valence-electron chi connectivity index (χ2n) is 4.82. The van der Waals surface area contributed by atoms with Crippen molar-refractivity contribution >= 4 is 5.69 Å². The van der Waals surface area contributed by atoms with Gasteiger partial charge in [-0.2, -0.15) is 0 Å². The molecule has 0 bridgehead atoms. The van der Waals surface area contributed by atoms with E-state index in [1.165, 1.54) is 37.8 Å². The molecule has 0 aliphatic carbocycles. The Labute approximate surface area is 117 Å². The maximum atomic E-state index is 12.9. The zero-order valence-electron chi connectivity index (χ0n) is 12.3. The Morgan fingerprint density at radius 1 is 1.00 bits per heavy atom. The van der Waals surface area contributed by atoms with Crippen LogP contribution in [-0.4, -0.2) is 26.2 Å². The van der Waals surface area contributed by atoms with Crippen molar-refractivity contribution in [3.05, 3.63) is 30.1 Å². The first kappa shape index (κ1) is 16.0. The Kier molecular flexibility index (Phi) is 8.23. The molecule has 0 saturated heterocycles. The highest BCUT2D eigenvalue weighted by molar-refractivity contribution is 5.45. The highest BCUT2D eigenvalue weighted by atomic mass is 19.1. The largest absolute Gasteiger partial charge is 0.372 e. The van der Waals surface area contributed by atoms with E-state index >= 15 is 0 Å². The van der Waals surface area contributed by atoms with E-state index in [2.05, 4.69) is 24.1 Å². The highest BCUT2D eigenvalue weighted by Gasteiger charge is 2.03. The summed E-state index contributed by atoms with van der Waals surface area (Å²) in [5.41, 5.74) is 1.12. The molecule has 3 heteroatoms. The molecule has 0 heterocycles. The van der Waals surface area contributed by atoms with Crippen molar-refractivity contribution in [1.29, 1.82) is 0 Å². The third-order valence-electron chi connectivity index (χ3n) is 3.36. The number of benzene rings is 1. The van der Waals surface area contributed by atoms with Crippen LogP contribution in [0.3, 0.4) is 0 Å². The lowest BCUT2D eigenvalue weighted by Crippen LogP contribution is -2.23. The van der Waals surface area contributed by atoms with Gasteiger partial charge in [-0.3, -0.25) is 0 Å². The monoisotopic (exact) mass is 266 g/mol. The summed E-state index contributed by atoms with van der Waals surface area (Å²) in [7, 11) is 0. The van der Waals surface area contributed by atoms with Crippen molar-refractivity contribution in [2.24, 2.45) is 0 Å². The first-order valence-corrected chi connectivity index (χ1v) is 7.49. The fourth-order valence-electron chi connectivity index (χ4n) is 2.20. The fraction of sp³-hybridized carbons (Fsp3) is 0.625. The van der Waals surface area contributed by atoms with E-state index < -0.39 is 0 Å². The van der Waals surface area contributed by atoms with E-state index in [9.17, 15) is 4.39 Å². The molecule has 0 spiro atoms. The maximum absolute atomic E-state index is 12.9. The molecule has 0 amide bonds. The number of nitrogens with one attached hydrogen (secondary N) is 1. The third-order valence-corrected chi connectivity index (χ3v) is 3.36. The van der Waals surface area contributed by atoms with Crippen LogP contribution in [0.15, 0.2) is 24.3 Å². The van der Waals surface area contributed by atoms with Crippen molar-refractivity contribution in [2.45, 2.75) is 39.5 Å². The van der Waals surface area contributed by atoms with Crippen LogP contribution in [0.25, 0.3) is 0 Å². The smallest absolute Gasteiger partial charge is 0.123 e. The van der Waals surface area contributed by atoms with Gasteiger partial charge in [-0.25, -0.2) is 4.39 Å². The number of hydrogen-bond donors (Lipinski definition) is 1. The predicted molar refractivity (Wildman–Crippen MR) is 81.3 cm³/mol. The minimum atomic E-state index is -0.164. The van der Waals surface area contributed by atoms with Gasteiger partial charge in [0.05, 0.1) is 0 Å². The van der Waals surface area contributed by atoms with Crippen molar-refractivity contribution < 1.29 is 4.39 Å². The van der Waals surface area contributed by atoms with Gasteiger partial charge in [-0.15, -0.1) is 0 Å². The van der Waals surface area contributed by atoms with Crippen LogP contribution in [0, 0.1) is 5.82 Å². The van der Waals surface area contributed by atoms with E-state index in [1.807, 2.05) is 12.1 Å². The summed E-state index contributed by atoms with van der Waals surface area (Å²) in [5.74, 6) is -0.164. The normalized spacial score (nSPS) is 10.7. The molecule has 2 nitrogen and oxygen atoms in total. The minimum Gasteiger partial charge on any atom is -0.372 e. The molecular formula is C16H27FN2. The number of anilines is 1. The standard InChI is InChI=1S/C16H27FN2/c1-3-18-13-7-5-6-8-14-19(4-2)16-11-9-15(17)10-12-16/h9-12,18H,3-8,13-14H2,1-2H3. The van der Waals surface area contributed by atoms with Gasteiger partial charge < -0.3 is 10.2 Å². The van der Waals surface area contributed by atoms with Crippen molar-refractivity contribution in [3.63, 3.8) is 0 Å². The summed E-state index contributed by atoms with van der Waals surface area (Å²) in [4.78, 5) is 2.31. The average Bonchev–Trinajstić information content (AvgIpc) is 2.43. The van der Waals surface area contributed by atoms with Gasteiger partial charge in [0, 0.05) is 18.8 Å². The van der Waals surface area contributed by atoms with E-state index in [4.69, 9.17) is 0 Å². The Bertz CT molecular complexity index is 324. The van der Waals surface area contributed by atoms with E-state index in [0.717, 1.165) is 31.9 Å². The summed E-state index contributed by atoms with van der Waals surface area (Å²) < 4.78 is 12.9. The molecule has 1 aromatic carbocycles. The Balaban J connectivity index is 2.20. The van der Waals surface area contributed by atoms with Crippen molar-refractivity contribution in [2.75, 3.05) is 31.1 Å². The number of halogens is 1. The Morgan fingerprint density at radius 3 is 2.32 bits per heavy atom. The second kappa shape index (κ2) is 9.79. The van der Waals surface area contributed by atoms with E-state index in [1.54, 1.807) is 0 Å². The Morgan fingerprint density at radius 2 is 1.68 bits per heavy atom. The summed E-state index contributed by atoms with van der Waals surface area (Å²) in [5, 5.41) is 3.34. The fourth-order valence-corrected chi connectivity index (χ4v) is 2.20. The number of rotatable bonds is 10. The topological polar surface area (TPSA) is 15.3 Å². The predicted octanol–water partition coefficient (Wildman–Crippen LogP) is 3.82. The van der Waals surface area contributed by atoms with Gasteiger partial charge in [0.2, 0.25) is 0 Å². The zero-order valence-corrected chi connectivity index (χ0v) is 12.3. The molecule has 0 unspecified atom stereocenters. The quantitative estimate of drug-likeness (QED) is 0.648. The van der Waals surface area contributed by atoms with Gasteiger partial charge in [0.15, 0.2) is 0 Å². The van der Waals surface area contributed by atoms with Crippen LogP contribution < -0.4 is 10.2 Å². The SMILES string of the molecule is CCNCCCCCCN(CC)c1ccc(F)cc1. The molecule has 1 rings (SSSR count). The van der Waals surface area contributed by atoms with Crippen LogP contribution in [0.2, 0.25) is 0 Å². The van der Waals surface area contributed by atoms with Crippen LogP contribution >= 0.6 is 0 Å². The number of nitrogens with zero attached hydrogens (tertiary/aromatic N) is 1. The second-order valence-corrected chi connectivity index (χ2v) is 4.82. The highest BCUT2D eigenvalue weighted by Crippen LogP contribution is 2.15. The number of unbranched alkanes of at least 4 members (excludes halogenated alkanes) is 3. The molecule has 0 aliphatic rings. The first-order valence-electron chi connectivity index (χ1n) is 7.49. The molecule has 19 heavy (non-hydrogen) atoms. The lowest BCUT2D eigenvalue weighted by atomic mass is 10.1. The van der Waals surface area contributed by atoms with Gasteiger partial charge in [-0.05, 0) is 57.1 Å². The molecule has 1 N–H and O–H groups in total. The summed E-state index contributed by atoms with van der Waals surface area (Å²) in [6.07, 6.45) is 5.02. The van der Waals surface area contributed by atoms with Gasteiger partial charge >= 0.3 is 0 Å². The Hall–Kier alpha value is -1.09. The van der Waals surface area contributed by atoms with E-state index in [-0.39, 0.29) is 5.82 Å². The molecule has 0 atom stereocenters. The van der Waals surface area contributed by atoms with Crippen LogP contribution in [-0.2, 0) is 0 Å². The summed E-state index contributed by atoms with van der Waals surface area (Å²) >= 11 is 0. The molecule has 108 valence electrons. The summed E-state index contributed by atoms with van der Waals surface area (Å²) in [6.45, 7) is 8.52.